The molecule has 0 aliphatic heterocycles. The van der Waals surface area contributed by atoms with Crippen LogP contribution in [-0.2, 0) is 10.0 Å². The van der Waals surface area contributed by atoms with Gasteiger partial charge < -0.3 is 10.2 Å². The molecule has 0 atom stereocenters. The number of hydrogen-bond acceptors (Lipinski definition) is 4. The molecule has 0 bridgehead atoms. The molecular weight excluding hydrogens is 194 g/mol. The van der Waals surface area contributed by atoms with Crippen molar-refractivity contribution >= 4 is 10.0 Å². The lowest BCUT2D eigenvalue weighted by atomic mass is 10.6. The molecular formula is C7H15NO4S. The maximum Gasteiger partial charge on any atom is 0.216 e. The number of aliphatic hydroxyl groups is 2. The monoisotopic (exact) mass is 209 g/mol. The maximum atomic E-state index is 11.5. The van der Waals surface area contributed by atoms with Gasteiger partial charge in [0.25, 0.3) is 0 Å². The van der Waals surface area contributed by atoms with Crippen LogP contribution in [0.25, 0.3) is 0 Å². The minimum Gasteiger partial charge on any atom is -0.395 e. The Kier molecular flexibility index (Phi) is 3.66. The summed E-state index contributed by atoms with van der Waals surface area (Å²) in [5, 5.41) is 17.2. The zero-order chi connectivity index (χ0) is 9.90. The summed E-state index contributed by atoms with van der Waals surface area (Å²) >= 11 is 0. The van der Waals surface area contributed by atoms with Crippen LogP contribution in [0.5, 0.6) is 0 Å². The minimum absolute atomic E-state index is 0.0590. The summed E-state index contributed by atoms with van der Waals surface area (Å²) in [5.41, 5.74) is 0. The third-order valence-electron chi connectivity index (χ3n) is 1.98. The second kappa shape index (κ2) is 4.36. The fourth-order valence-electron chi connectivity index (χ4n) is 1.24. The number of nitrogens with zero attached hydrogens (tertiary/aromatic N) is 1. The molecule has 0 aromatic carbocycles. The molecule has 0 saturated heterocycles. The first-order valence-electron chi connectivity index (χ1n) is 4.33. The molecule has 13 heavy (non-hydrogen) atoms. The maximum absolute atomic E-state index is 11.5. The van der Waals surface area contributed by atoms with Crippen molar-refractivity contribution in [3.63, 3.8) is 0 Å². The first-order valence-corrected chi connectivity index (χ1v) is 5.94. The average Bonchev–Trinajstić information content (AvgIpc) is 2.82. The van der Waals surface area contributed by atoms with E-state index in [0.29, 0.717) is 0 Å². The Labute approximate surface area is 78.0 Å². The van der Waals surface area contributed by atoms with Crippen molar-refractivity contribution in [1.82, 2.24) is 4.31 Å². The third kappa shape index (κ3) is 2.91. The van der Waals surface area contributed by atoms with Crippen molar-refractivity contribution in [3.05, 3.63) is 0 Å². The SMILES string of the molecule is O=S(=O)(CCO)N(CCO)C1CC1. The van der Waals surface area contributed by atoms with Gasteiger partial charge in [0, 0.05) is 12.6 Å². The largest absolute Gasteiger partial charge is 0.395 e. The standard InChI is InChI=1S/C7H15NO4S/c9-4-3-8(7-1-2-7)13(11,12)6-5-10/h7,9-10H,1-6H2. The van der Waals surface area contributed by atoms with E-state index < -0.39 is 10.0 Å². The lowest BCUT2D eigenvalue weighted by molar-refractivity contribution is 0.248. The van der Waals surface area contributed by atoms with Gasteiger partial charge in [-0.25, -0.2) is 8.42 Å². The zero-order valence-electron chi connectivity index (χ0n) is 7.39. The van der Waals surface area contributed by atoms with Crippen LogP contribution in [-0.4, -0.2) is 54.5 Å². The van der Waals surface area contributed by atoms with E-state index in [0.717, 1.165) is 12.8 Å². The average molecular weight is 209 g/mol. The highest BCUT2D eigenvalue weighted by Gasteiger charge is 2.36. The van der Waals surface area contributed by atoms with E-state index in [1.54, 1.807) is 0 Å². The van der Waals surface area contributed by atoms with Gasteiger partial charge in [-0.1, -0.05) is 0 Å². The van der Waals surface area contributed by atoms with Crippen molar-refractivity contribution in [2.45, 2.75) is 18.9 Å². The molecule has 0 aromatic heterocycles. The molecule has 1 saturated carbocycles. The smallest absolute Gasteiger partial charge is 0.216 e. The normalized spacial score (nSPS) is 18.1. The first kappa shape index (κ1) is 10.9. The van der Waals surface area contributed by atoms with E-state index in [-0.39, 0.29) is 31.6 Å². The van der Waals surface area contributed by atoms with Gasteiger partial charge in [0.1, 0.15) is 0 Å². The second-order valence-electron chi connectivity index (χ2n) is 3.11. The lowest BCUT2D eigenvalue weighted by Gasteiger charge is -2.19. The molecule has 0 unspecified atom stereocenters. The molecule has 1 fully saturated rings. The summed E-state index contributed by atoms with van der Waals surface area (Å²) in [5.74, 6) is -0.247. The Hall–Kier alpha value is -0.170. The quantitative estimate of drug-likeness (QED) is 0.574. The van der Waals surface area contributed by atoms with Crippen LogP contribution in [0, 0.1) is 0 Å². The molecule has 1 rings (SSSR count). The molecule has 5 nitrogen and oxygen atoms in total. The van der Waals surface area contributed by atoms with Gasteiger partial charge >= 0.3 is 0 Å². The summed E-state index contributed by atoms with van der Waals surface area (Å²) in [6.07, 6.45) is 1.73. The highest BCUT2D eigenvalue weighted by molar-refractivity contribution is 7.89. The molecule has 1 aliphatic rings. The summed E-state index contributed by atoms with van der Waals surface area (Å²) < 4.78 is 24.2. The summed E-state index contributed by atoms with van der Waals surface area (Å²) in [6, 6.07) is 0.0590. The molecule has 1 aliphatic carbocycles. The molecule has 0 radical (unpaired) electrons. The van der Waals surface area contributed by atoms with E-state index in [1.165, 1.54) is 4.31 Å². The number of hydrogen-bond donors (Lipinski definition) is 2. The van der Waals surface area contributed by atoms with Crippen molar-refractivity contribution < 1.29 is 18.6 Å². The van der Waals surface area contributed by atoms with E-state index in [4.69, 9.17) is 10.2 Å². The molecule has 0 heterocycles. The van der Waals surface area contributed by atoms with Crippen LogP contribution < -0.4 is 0 Å². The van der Waals surface area contributed by atoms with Crippen LogP contribution in [0.3, 0.4) is 0 Å². The van der Waals surface area contributed by atoms with E-state index in [2.05, 4.69) is 0 Å². The zero-order valence-corrected chi connectivity index (χ0v) is 8.20. The number of aliphatic hydroxyl groups excluding tert-OH is 2. The summed E-state index contributed by atoms with van der Waals surface area (Å²) in [6.45, 7) is -0.384. The van der Waals surface area contributed by atoms with Crippen LogP contribution >= 0.6 is 0 Å². The van der Waals surface area contributed by atoms with Crippen LogP contribution in [0.1, 0.15) is 12.8 Å². The van der Waals surface area contributed by atoms with Crippen molar-refractivity contribution in [3.8, 4) is 0 Å². The summed E-state index contributed by atoms with van der Waals surface area (Å²) in [4.78, 5) is 0. The lowest BCUT2D eigenvalue weighted by Crippen LogP contribution is -2.37. The number of rotatable bonds is 6. The van der Waals surface area contributed by atoms with Gasteiger partial charge in [-0.15, -0.1) is 0 Å². The Morgan fingerprint density at radius 2 is 1.85 bits per heavy atom. The molecule has 6 heteroatoms. The Balaban J connectivity index is 2.61. The van der Waals surface area contributed by atoms with E-state index in [9.17, 15) is 8.42 Å². The fraction of sp³-hybridized carbons (Fsp3) is 1.00. The molecule has 0 spiro atoms. The van der Waals surface area contributed by atoms with Crippen LogP contribution in [0.2, 0.25) is 0 Å². The van der Waals surface area contributed by atoms with Gasteiger partial charge in [-0.2, -0.15) is 4.31 Å². The molecule has 0 amide bonds. The predicted octanol–water partition coefficient (Wildman–Crippen LogP) is -1.23. The minimum atomic E-state index is -3.35. The first-order chi connectivity index (χ1) is 6.11. The molecule has 2 N–H and O–H groups in total. The topological polar surface area (TPSA) is 77.8 Å². The van der Waals surface area contributed by atoms with Gasteiger partial charge in [0.2, 0.25) is 10.0 Å². The third-order valence-corrected chi connectivity index (χ3v) is 3.87. The fourth-order valence-corrected chi connectivity index (χ4v) is 2.73. The van der Waals surface area contributed by atoms with E-state index >= 15 is 0 Å². The number of sulfonamides is 1. The van der Waals surface area contributed by atoms with E-state index in [1.807, 2.05) is 0 Å². The van der Waals surface area contributed by atoms with Gasteiger partial charge in [-0.3, -0.25) is 0 Å². The van der Waals surface area contributed by atoms with Gasteiger partial charge in [0.05, 0.1) is 19.0 Å². The highest BCUT2D eigenvalue weighted by Crippen LogP contribution is 2.28. The molecule has 0 aromatic rings. The Morgan fingerprint density at radius 1 is 1.23 bits per heavy atom. The van der Waals surface area contributed by atoms with Crippen molar-refractivity contribution in [2.75, 3.05) is 25.5 Å². The van der Waals surface area contributed by atoms with Gasteiger partial charge in [0.15, 0.2) is 0 Å². The Bertz CT molecular complexity index is 247. The predicted molar refractivity (Wildman–Crippen MR) is 47.7 cm³/mol. The molecule has 78 valence electrons. The van der Waals surface area contributed by atoms with Gasteiger partial charge in [-0.05, 0) is 12.8 Å². The van der Waals surface area contributed by atoms with Crippen molar-refractivity contribution in [2.24, 2.45) is 0 Å². The highest BCUT2D eigenvalue weighted by atomic mass is 32.2. The van der Waals surface area contributed by atoms with Crippen LogP contribution in [0.4, 0.5) is 0 Å². The van der Waals surface area contributed by atoms with Crippen LogP contribution in [0.15, 0.2) is 0 Å². The summed E-state index contributed by atoms with van der Waals surface area (Å²) in [7, 11) is -3.35. The van der Waals surface area contributed by atoms with Crippen molar-refractivity contribution in [1.29, 1.82) is 0 Å². The Morgan fingerprint density at radius 3 is 2.23 bits per heavy atom. The second-order valence-corrected chi connectivity index (χ2v) is 5.15.